The van der Waals surface area contributed by atoms with Crippen LogP contribution in [0.3, 0.4) is 0 Å². The van der Waals surface area contributed by atoms with E-state index in [-0.39, 0.29) is 46.4 Å². The monoisotopic (exact) mass is 556 g/mol. The Labute approximate surface area is 252 Å². The summed E-state index contributed by atoms with van der Waals surface area (Å²) in [6.45, 7) is 1.77. The second-order valence-electron chi connectivity index (χ2n) is 9.19. The van der Waals surface area contributed by atoms with Crippen LogP contribution in [-0.2, 0) is 22.0 Å². The van der Waals surface area contributed by atoms with Crippen molar-refractivity contribution in [3.8, 4) is 22.3 Å². The molecule has 1 aliphatic rings. The smallest absolute Gasteiger partial charge is 0.870 e. The molecule has 5 rings (SSSR count). The molecule has 0 spiro atoms. The summed E-state index contributed by atoms with van der Waals surface area (Å²) in [7, 11) is 1.64. The van der Waals surface area contributed by atoms with Gasteiger partial charge in [0.15, 0.2) is 0 Å². The second-order valence-corrected chi connectivity index (χ2v) is 9.59. The van der Waals surface area contributed by atoms with Crippen molar-refractivity contribution in [3.63, 3.8) is 0 Å². The Balaban J connectivity index is 0.00000210. The van der Waals surface area contributed by atoms with Gasteiger partial charge in [-0.2, -0.15) is 5.10 Å². The SMILES string of the molecule is C[C@@H](OC(=O)Nc1c(-c2cc(Cl)c(-c3ccc(C4([C-]=O)CC4)cc3)cc2F)cnn1C)c1ccccc1.[Na+].[OH-]. The van der Waals surface area contributed by atoms with Crippen LogP contribution in [0.1, 0.15) is 37.0 Å². The number of hydrogen-bond donors (Lipinski definition) is 1. The van der Waals surface area contributed by atoms with E-state index >= 15 is 4.39 Å². The van der Waals surface area contributed by atoms with Crippen molar-refractivity contribution in [1.82, 2.24) is 9.78 Å². The summed E-state index contributed by atoms with van der Waals surface area (Å²) in [5.41, 5.74) is 3.05. The topological polar surface area (TPSA) is 103 Å². The van der Waals surface area contributed by atoms with E-state index in [4.69, 9.17) is 16.3 Å². The second kappa shape index (κ2) is 12.4. The molecule has 1 atom stereocenters. The quantitative estimate of drug-likeness (QED) is 0.275. The summed E-state index contributed by atoms with van der Waals surface area (Å²) < 4.78 is 22.3. The maximum atomic E-state index is 15.4. The standard InChI is InChI=1S/C29H24ClFN3O3.Na.H2O/c1-18(19-6-4-3-5-7-19)37-28(36)33-27-24(16-32-34(27)2)23-14-25(30)22(15-26(23)31)20-8-10-21(11-9-20)29(17-35)12-13-29;;/h3-11,14-16,18H,12-13H2,1-2H3,(H,33,36);;1H2/q-1;+1;/p-1/t18-;;/m1../s1. The third-order valence-corrected chi connectivity index (χ3v) is 7.07. The molecule has 7 nitrogen and oxygen atoms in total. The first-order valence-corrected chi connectivity index (χ1v) is 12.2. The fourth-order valence-corrected chi connectivity index (χ4v) is 4.65. The van der Waals surface area contributed by atoms with Crippen LogP contribution in [0.4, 0.5) is 15.0 Å². The molecule has 3 aromatic carbocycles. The van der Waals surface area contributed by atoms with Crippen LogP contribution in [0, 0.1) is 5.82 Å². The largest absolute Gasteiger partial charge is 1.00 e. The Hall–Kier alpha value is -3.01. The van der Waals surface area contributed by atoms with Crippen molar-refractivity contribution in [1.29, 1.82) is 0 Å². The number of hydrogen-bond acceptors (Lipinski definition) is 5. The average Bonchev–Trinajstić information content (AvgIpc) is 3.64. The number of carbonyl (C=O) groups excluding carboxylic acids is 2. The number of rotatable bonds is 7. The molecule has 1 amide bonds. The van der Waals surface area contributed by atoms with Crippen molar-refractivity contribution in [2.45, 2.75) is 31.3 Å². The molecule has 1 aromatic heterocycles. The van der Waals surface area contributed by atoms with Crippen LogP contribution < -0.4 is 34.9 Å². The molecule has 0 bridgehead atoms. The molecule has 0 radical (unpaired) electrons. The van der Waals surface area contributed by atoms with Crippen LogP contribution in [0.2, 0.25) is 5.02 Å². The van der Waals surface area contributed by atoms with Gasteiger partial charge in [0.25, 0.3) is 0 Å². The van der Waals surface area contributed by atoms with Crippen LogP contribution in [0.5, 0.6) is 0 Å². The number of nitrogens with zero attached hydrogens (tertiary/aromatic N) is 2. The zero-order valence-corrected chi connectivity index (χ0v) is 24.5. The number of carbonyl (C=O) groups is 1. The maximum absolute atomic E-state index is 15.4. The molecule has 1 aliphatic carbocycles. The van der Waals surface area contributed by atoms with Gasteiger partial charge in [-0.15, -0.1) is 5.41 Å². The summed E-state index contributed by atoms with van der Waals surface area (Å²) in [4.78, 5) is 23.9. The van der Waals surface area contributed by atoms with E-state index in [1.165, 1.54) is 23.0 Å². The summed E-state index contributed by atoms with van der Waals surface area (Å²) in [5.74, 6) is -0.248. The van der Waals surface area contributed by atoms with E-state index in [1.807, 2.05) is 54.6 Å². The van der Waals surface area contributed by atoms with E-state index in [1.54, 1.807) is 14.0 Å². The first kappa shape index (κ1) is 30.5. The third-order valence-electron chi connectivity index (χ3n) is 6.75. The molecule has 39 heavy (non-hydrogen) atoms. The molecule has 1 saturated carbocycles. The van der Waals surface area contributed by atoms with Gasteiger partial charge in [-0.1, -0.05) is 84.6 Å². The van der Waals surface area contributed by atoms with Gasteiger partial charge in [0.1, 0.15) is 17.7 Å². The van der Waals surface area contributed by atoms with E-state index < -0.39 is 23.4 Å². The molecule has 10 heteroatoms. The van der Waals surface area contributed by atoms with Crippen LogP contribution in [-0.4, -0.2) is 27.6 Å². The predicted octanol–water partition coefficient (Wildman–Crippen LogP) is 3.82. The molecule has 2 N–H and O–H groups in total. The first-order valence-electron chi connectivity index (χ1n) is 11.9. The Bertz CT molecular complexity index is 1470. The van der Waals surface area contributed by atoms with Crippen molar-refractivity contribution in [2.75, 3.05) is 5.32 Å². The molecule has 0 saturated heterocycles. The number of aryl methyl sites for hydroxylation is 1. The van der Waals surface area contributed by atoms with Crippen molar-refractivity contribution >= 4 is 29.8 Å². The zero-order valence-electron chi connectivity index (χ0n) is 21.7. The first-order chi connectivity index (χ1) is 17.8. The van der Waals surface area contributed by atoms with Crippen LogP contribution in [0.15, 0.2) is 72.9 Å². The van der Waals surface area contributed by atoms with E-state index in [0.29, 0.717) is 16.1 Å². The Morgan fingerprint density at radius 2 is 1.77 bits per heavy atom. The fraction of sp³-hybridized carbons (Fsp3) is 0.207. The maximum Gasteiger partial charge on any atom is 1.00 e. The molecule has 4 aromatic rings. The molecule has 196 valence electrons. The summed E-state index contributed by atoms with van der Waals surface area (Å²) in [6, 6.07) is 19.6. The van der Waals surface area contributed by atoms with Gasteiger partial charge < -0.3 is 15.0 Å². The van der Waals surface area contributed by atoms with Gasteiger partial charge in [0.2, 0.25) is 0 Å². The Morgan fingerprint density at radius 1 is 1.10 bits per heavy atom. The van der Waals surface area contributed by atoms with Gasteiger partial charge in [0, 0.05) is 28.8 Å². The average molecular weight is 557 g/mol. The number of amides is 1. The number of anilines is 1. The Kier molecular flexibility index (Phi) is 9.74. The predicted molar refractivity (Wildman–Crippen MR) is 143 cm³/mol. The summed E-state index contributed by atoms with van der Waals surface area (Å²) in [6.07, 6.45) is 4.01. The molecule has 0 aliphatic heterocycles. The Morgan fingerprint density at radius 3 is 2.38 bits per heavy atom. The van der Waals surface area contributed by atoms with Gasteiger partial charge >= 0.3 is 35.7 Å². The van der Waals surface area contributed by atoms with Gasteiger partial charge in [-0.05, 0) is 30.2 Å². The normalized spacial score (nSPS) is 13.8. The zero-order chi connectivity index (χ0) is 26.2. The van der Waals surface area contributed by atoms with Gasteiger partial charge in [0.05, 0.1) is 6.20 Å². The fourth-order valence-electron chi connectivity index (χ4n) is 4.38. The number of aromatic nitrogens is 2. The molecule has 0 unspecified atom stereocenters. The van der Waals surface area contributed by atoms with E-state index in [9.17, 15) is 9.59 Å². The van der Waals surface area contributed by atoms with Crippen molar-refractivity contribution in [2.24, 2.45) is 7.05 Å². The van der Waals surface area contributed by atoms with Gasteiger partial charge in [-0.25, -0.2) is 9.18 Å². The van der Waals surface area contributed by atoms with Crippen LogP contribution >= 0.6 is 11.6 Å². The number of nitrogens with one attached hydrogen (secondary N) is 1. The number of halogens is 2. The van der Waals surface area contributed by atoms with E-state index in [0.717, 1.165) is 29.5 Å². The number of ether oxygens (including phenoxy) is 1. The summed E-state index contributed by atoms with van der Waals surface area (Å²) >= 11 is 6.59. The minimum absolute atomic E-state index is 0. The third kappa shape index (κ3) is 6.26. The van der Waals surface area contributed by atoms with Crippen molar-refractivity contribution < 1.29 is 53.7 Å². The van der Waals surface area contributed by atoms with Crippen LogP contribution in [0.25, 0.3) is 22.3 Å². The van der Waals surface area contributed by atoms with E-state index in [2.05, 4.69) is 16.7 Å². The number of benzene rings is 3. The van der Waals surface area contributed by atoms with Crippen molar-refractivity contribution in [3.05, 3.63) is 94.9 Å². The molecular formula is C29H25ClFN3NaO4-. The van der Waals surface area contributed by atoms with Gasteiger partial charge in [-0.3, -0.25) is 16.3 Å². The minimum atomic E-state index is -0.689. The summed E-state index contributed by atoms with van der Waals surface area (Å²) in [5, 5.41) is 7.20. The molecule has 1 heterocycles. The molecule has 1 fully saturated rings. The molecular weight excluding hydrogens is 532 g/mol. The minimum Gasteiger partial charge on any atom is -0.870 e.